The molecule has 1 unspecified atom stereocenters. The van der Waals surface area contributed by atoms with Gasteiger partial charge in [-0.25, -0.2) is 0 Å². The molecule has 0 aliphatic rings. The van der Waals surface area contributed by atoms with Crippen LogP contribution in [0.1, 0.15) is 18.4 Å². The van der Waals surface area contributed by atoms with Gasteiger partial charge in [-0.2, -0.15) is 0 Å². The van der Waals surface area contributed by atoms with Crippen molar-refractivity contribution in [1.29, 1.82) is 0 Å². The third-order valence-corrected chi connectivity index (χ3v) is 2.80. The van der Waals surface area contributed by atoms with Crippen LogP contribution < -0.4 is 10.1 Å². The molecule has 0 aliphatic heterocycles. The highest BCUT2D eigenvalue weighted by atomic mass is 16.5. The molecular weight excluding hydrogens is 242 g/mol. The van der Waals surface area contributed by atoms with Crippen LogP contribution in [0.2, 0.25) is 0 Å². The Kier molecular flexibility index (Phi) is 8.21. The average molecular weight is 267 g/mol. The number of rotatable bonds is 10. The molecule has 108 valence electrons. The molecule has 0 aliphatic carbocycles. The Balaban J connectivity index is 2.04. The van der Waals surface area contributed by atoms with Gasteiger partial charge in [-0.05, 0) is 38.4 Å². The van der Waals surface area contributed by atoms with Gasteiger partial charge in [-0.1, -0.05) is 17.7 Å². The van der Waals surface area contributed by atoms with Gasteiger partial charge in [0.2, 0.25) is 0 Å². The van der Waals surface area contributed by atoms with E-state index < -0.39 is 6.10 Å². The maximum Gasteiger partial charge on any atom is 0.119 e. The summed E-state index contributed by atoms with van der Waals surface area (Å²) in [6.07, 6.45) is 1.61. The number of hydrogen-bond donors (Lipinski definition) is 2. The predicted molar refractivity (Wildman–Crippen MR) is 76.7 cm³/mol. The molecule has 0 saturated heterocycles. The monoisotopic (exact) mass is 267 g/mol. The Bertz CT molecular complexity index is 327. The molecule has 4 nitrogen and oxygen atoms in total. The number of benzene rings is 1. The van der Waals surface area contributed by atoms with Crippen molar-refractivity contribution in [3.8, 4) is 5.75 Å². The molecule has 0 heterocycles. The number of hydrogen-bond acceptors (Lipinski definition) is 4. The van der Waals surface area contributed by atoms with Crippen molar-refractivity contribution in [1.82, 2.24) is 5.32 Å². The third-order valence-electron chi connectivity index (χ3n) is 2.80. The molecule has 1 aromatic rings. The van der Waals surface area contributed by atoms with Gasteiger partial charge in [-0.3, -0.25) is 0 Å². The maximum atomic E-state index is 9.76. The smallest absolute Gasteiger partial charge is 0.119 e. The molecule has 2 N–H and O–H groups in total. The fourth-order valence-corrected chi connectivity index (χ4v) is 1.65. The summed E-state index contributed by atoms with van der Waals surface area (Å²) in [5.74, 6) is 0.796. The van der Waals surface area contributed by atoms with E-state index in [1.54, 1.807) is 7.11 Å². The number of nitrogens with one attached hydrogen (secondary N) is 1. The van der Waals surface area contributed by atoms with Crippen LogP contribution in [0.5, 0.6) is 5.75 Å². The van der Waals surface area contributed by atoms with Gasteiger partial charge >= 0.3 is 0 Å². The summed E-state index contributed by atoms with van der Waals surface area (Å²) in [5.41, 5.74) is 1.20. The average Bonchev–Trinajstić information content (AvgIpc) is 2.42. The fraction of sp³-hybridized carbons (Fsp3) is 0.600. The van der Waals surface area contributed by atoms with E-state index in [2.05, 4.69) is 5.32 Å². The van der Waals surface area contributed by atoms with Crippen molar-refractivity contribution < 1.29 is 14.6 Å². The van der Waals surface area contributed by atoms with E-state index in [0.29, 0.717) is 13.2 Å². The summed E-state index contributed by atoms with van der Waals surface area (Å²) in [6, 6.07) is 7.83. The maximum absolute atomic E-state index is 9.76. The van der Waals surface area contributed by atoms with Crippen molar-refractivity contribution in [2.24, 2.45) is 0 Å². The minimum absolute atomic E-state index is 0.314. The Hall–Kier alpha value is -1.10. The minimum Gasteiger partial charge on any atom is -0.491 e. The molecule has 0 amide bonds. The van der Waals surface area contributed by atoms with Crippen LogP contribution >= 0.6 is 0 Å². The molecule has 0 radical (unpaired) electrons. The van der Waals surface area contributed by atoms with Crippen LogP contribution in [0.4, 0.5) is 0 Å². The number of aliphatic hydroxyl groups is 1. The van der Waals surface area contributed by atoms with Gasteiger partial charge in [0.15, 0.2) is 0 Å². The lowest BCUT2D eigenvalue weighted by atomic mass is 10.2. The summed E-state index contributed by atoms with van der Waals surface area (Å²) in [7, 11) is 1.71. The first-order chi connectivity index (χ1) is 9.22. The molecule has 0 fully saturated rings. The second-order valence-corrected chi connectivity index (χ2v) is 4.68. The highest BCUT2D eigenvalue weighted by Crippen LogP contribution is 2.11. The van der Waals surface area contributed by atoms with E-state index >= 15 is 0 Å². The largest absolute Gasteiger partial charge is 0.491 e. The van der Waals surface area contributed by atoms with Gasteiger partial charge in [-0.15, -0.1) is 0 Å². The summed E-state index contributed by atoms with van der Waals surface area (Å²) in [5, 5.41) is 13.0. The molecule has 0 saturated carbocycles. The Morgan fingerprint density at radius 1 is 1.21 bits per heavy atom. The van der Waals surface area contributed by atoms with Crippen molar-refractivity contribution in [3.05, 3.63) is 29.8 Å². The summed E-state index contributed by atoms with van der Waals surface area (Å²) in [4.78, 5) is 0. The SMILES string of the molecule is COCCCCNCC(O)COc1ccc(C)cc1. The summed E-state index contributed by atoms with van der Waals surface area (Å²) >= 11 is 0. The van der Waals surface area contributed by atoms with E-state index in [-0.39, 0.29) is 0 Å². The molecule has 0 spiro atoms. The highest BCUT2D eigenvalue weighted by molar-refractivity contribution is 5.26. The van der Waals surface area contributed by atoms with E-state index in [4.69, 9.17) is 9.47 Å². The van der Waals surface area contributed by atoms with Crippen LogP contribution in [0.15, 0.2) is 24.3 Å². The van der Waals surface area contributed by atoms with Crippen molar-refractivity contribution in [3.63, 3.8) is 0 Å². The molecule has 0 bridgehead atoms. The lowest BCUT2D eigenvalue weighted by molar-refractivity contribution is 0.106. The van der Waals surface area contributed by atoms with Crippen LogP contribution in [-0.4, -0.2) is 44.6 Å². The first-order valence-electron chi connectivity index (χ1n) is 6.79. The zero-order valence-electron chi connectivity index (χ0n) is 11.9. The van der Waals surface area contributed by atoms with Gasteiger partial charge in [0, 0.05) is 20.3 Å². The summed E-state index contributed by atoms with van der Waals surface area (Å²) < 4.78 is 10.5. The first-order valence-corrected chi connectivity index (χ1v) is 6.79. The number of aryl methyl sites for hydroxylation is 1. The van der Waals surface area contributed by atoms with Gasteiger partial charge in [0.1, 0.15) is 18.5 Å². The van der Waals surface area contributed by atoms with Crippen LogP contribution in [0.25, 0.3) is 0 Å². The lowest BCUT2D eigenvalue weighted by Crippen LogP contribution is -2.32. The van der Waals surface area contributed by atoms with E-state index in [0.717, 1.165) is 31.7 Å². The zero-order valence-corrected chi connectivity index (χ0v) is 11.9. The van der Waals surface area contributed by atoms with Crippen LogP contribution in [0.3, 0.4) is 0 Å². The normalized spacial score (nSPS) is 12.4. The van der Waals surface area contributed by atoms with Gasteiger partial charge < -0.3 is 19.9 Å². The van der Waals surface area contributed by atoms with Crippen molar-refractivity contribution >= 4 is 0 Å². The third kappa shape index (κ3) is 7.82. The number of methoxy groups -OCH3 is 1. The Morgan fingerprint density at radius 2 is 1.95 bits per heavy atom. The number of aliphatic hydroxyl groups excluding tert-OH is 1. The highest BCUT2D eigenvalue weighted by Gasteiger charge is 2.04. The van der Waals surface area contributed by atoms with Gasteiger partial charge in [0.05, 0.1) is 0 Å². The van der Waals surface area contributed by atoms with Crippen LogP contribution in [0, 0.1) is 6.92 Å². The minimum atomic E-state index is -0.483. The number of ether oxygens (including phenoxy) is 2. The standard InChI is InChI=1S/C15H25NO3/c1-13-5-7-15(8-6-13)19-12-14(17)11-16-9-3-4-10-18-2/h5-8,14,16-17H,3-4,9-12H2,1-2H3. The van der Waals surface area contributed by atoms with E-state index in [9.17, 15) is 5.11 Å². The molecule has 19 heavy (non-hydrogen) atoms. The number of unbranched alkanes of at least 4 members (excludes halogenated alkanes) is 1. The molecule has 0 aromatic heterocycles. The first kappa shape index (κ1) is 16.0. The molecule has 1 aromatic carbocycles. The zero-order chi connectivity index (χ0) is 13.9. The Morgan fingerprint density at radius 3 is 2.63 bits per heavy atom. The lowest BCUT2D eigenvalue weighted by Gasteiger charge is -2.13. The molecule has 1 atom stereocenters. The predicted octanol–water partition coefficient (Wildman–Crippen LogP) is 1.75. The summed E-state index contributed by atoms with van der Waals surface area (Å²) in [6.45, 7) is 4.59. The molecule has 4 heteroatoms. The quantitative estimate of drug-likeness (QED) is 0.634. The van der Waals surface area contributed by atoms with E-state index in [1.165, 1.54) is 5.56 Å². The Labute approximate surface area is 115 Å². The van der Waals surface area contributed by atoms with Crippen molar-refractivity contribution in [2.45, 2.75) is 25.9 Å². The van der Waals surface area contributed by atoms with Crippen molar-refractivity contribution in [2.75, 3.05) is 33.4 Å². The fourth-order valence-electron chi connectivity index (χ4n) is 1.65. The van der Waals surface area contributed by atoms with Gasteiger partial charge in [0.25, 0.3) is 0 Å². The topological polar surface area (TPSA) is 50.7 Å². The molecule has 1 rings (SSSR count). The second-order valence-electron chi connectivity index (χ2n) is 4.68. The van der Waals surface area contributed by atoms with Crippen LogP contribution in [-0.2, 0) is 4.74 Å². The second kappa shape index (κ2) is 9.78. The molecular formula is C15H25NO3. The van der Waals surface area contributed by atoms with E-state index in [1.807, 2.05) is 31.2 Å².